The third-order valence-electron chi connectivity index (χ3n) is 5.30. The van der Waals surface area contributed by atoms with Crippen molar-refractivity contribution in [3.63, 3.8) is 0 Å². The summed E-state index contributed by atoms with van der Waals surface area (Å²) in [4.78, 5) is 16.0. The van der Waals surface area contributed by atoms with Crippen LogP contribution in [0.15, 0.2) is 30.9 Å². The first-order valence-electron chi connectivity index (χ1n) is 10.2. The largest absolute Gasteiger partial charge is 0.415 e. The van der Waals surface area contributed by atoms with Gasteiger partial charge in [-0.05, 0) is 64.3 Å². The molecule has 0 bridgehead atoms. The maximum atomic E-state index is 13.3. The first-order valence-corrected chi connectivity index (χ1v) is 10.2. The second-order valence-electron chi connectivity index (χ2n) is 7.61. The quantitative estimate of drug-likeness (QED) is 0.417. The molecular weight excluding hydrogens is 378 g/mol. The normalized spacial score (nSPS) is 19.2. The lowest BCUT2D eigenvalue weighted by atomic mass is 9.92. The molecule has 0 unspecified atom stereocenters. The summed E-state index contributed by atoms with van der Waals surface area (Å²) in [5.74, 6) is -2.01. The molecule has 0 radical (unpaired) electrons. The Kier molecular flexibility index (Phi) is 9.54. The summed E-state index contributed by atoms with van der Waals surface area (Å²) in [7, 11) is 3.76. The van der Waals surface area contributed by atoms with Gasteiger partial charge in [0.1, 0.15) is 5.75 Å². The van der Waals surface area contributed by atoms with Crippen LogP contribution in [0.4, 0.5) is 13.6 Å². The minimum Gasteiger partial charge on any atom is -0.410 e. The lowest BCUT2D eigenvalue weighted by Crippen LogP contribution is -2.42. The highest BCUT2D eigenvalue weighted by Gasteiger charge is 2.28. The van der Waals surface area contributed by atoms with Crippen molar-refractivity contribution in [1.29, 1.82) is 0 Å². The van der Waals surface area contributed by atoms with E-state index >= 15 is 0 Å². The van der Waals surface area contributed by atoms with E-state index in [1.807, 2.05) is 6.08 Å². The van der Waals surface area contributed by atoms with E-state index in [0.717, 1.165) is 70.4 Å². The van der Waals surface area contributed by atoms with Crippen LogP contribution in [0.25, 0.3) is 0 Å². The number of amides is 1. The van der Waals surface area contributed by atoms with E-state index in [1.54, 1.807) is 7.05 Å². The van der Waals surface area contributed by atoms with Crippen molar-refractivity contribution in [2.75, 3.05) is 33.8 Å². The van der Waals surface area contributed by atoms with Crippen LogP contribution in [0.3, 0.4) is 0 Å². The molecule has 0 spiro atoms. The third-order valence-corrected chi connectivity index (χ3v) is 5.30. The van der Waals surface area contributed by atoms with E-state index in [-0.39, 0.29) is 17.9 Å². The number of hydrogen-bond acceptors (Lipinski definition) is 4. The molecule has 1 aliphatic rings. The van der Waals surface area contributed by atoms with Crippen molar-refractivity contribution in [3.05, 3.63) is 42.5 Å². The van der Waals surface area contributed by atoms with Crippen molar-refractivity contribution in [3.8, 4) is 5.75 Å². The van der Waals surface area contributed by atoms with Crippen molar-refractivity contribution in [1.82, 2.24) is 9.80 Å². The molecule has 1 amide bonds. The van der Waals surface area contributed by atoms with Gasteiger partial charge in [-0.3, -0.25) is 0 Å². The summed E-state index contributed by atoms with van der Waals surface area (Å²) < 4.78 is 37.4. The van der Waals surface area contributed by atoms with E-state index < -0.39 is 17.7 Å². The average Bonchev–Trinajstić information content (AvgIpc) is 2.70. The highest BCUT2D eigenvalue weighted by atomic mass is 19.2. The molecule has 0 N–H and O–H groups in total. The van der Waals surface area contributed by atoms with Crippen LogP contribution < -0.4 is 4.74 Å². The number of carbonyl (C=O) groups is 1. The molecule has 2 rings (SSSR count). The maximum absolute atomic E-state index is 13.3. The number of benzene rings is 1. The predicted molar refractivity (Wildman–Crippen MR) is 109 cm³/mol. The predicted octanol–water partition coefficient (Wildman–Crippen LogP) is 4.62. The molecule has 1 aromatic rings. The Morgan fingerprint density at radius 2 is 1.90 bits per heavy atom. The zero-order chi connectivity index (χ0) is 21.2. The Morgan fingerprint density at radius 3 is 2.55 bits per heavy atom. The lowest BCUT2D eigenvalue weighted by Gasteiger charge is -2.34. The molecule has 7 heteroatoms. The number of likely N-dealkylation sites (N-methyl/N-ethyl adjacent to an activating group) is 1. The molecule has 1 saturated carbocycles. The number of rotatable bonds is 10. The van der Waals surface area contributed by atoms with E-state index in [1.165, 1.54) is 11.0 Å². The SMILES string of the molecule is C=CCN(C)CCCCO[C@H]1CC[C@H](N(C)C(=O)Oc2ccc(F)c(F)c2)CC1. The Bertz CT molecular complexity index is 663. The van der Waals surface area contributed by atoms with E-state index in [4.69, 9.17) is 9.47 Å². The summed E-state index contributed by atoms with van der Waals surface area (Å²) in [6.07, 6.45) is 7.14. The van der Waals surface area contributed by atoms with Gasteiger partial charge in [-0.1, -0.05) is 6.08 Å². The summed E-state index contributed by atoms with van der Waals surface area (Å²) in [5.41, 5.74) is 0. The molecule has 0 aromatic heterocycles. The van der Waals surface area contributed by atoms with E-state index in [0.29, 0.717) is 0 Å². The first kappa shape index (κ1) is 23.3. The fraction of sp³-hybridized carbons (Fsp3) is 0.591. The highest BCUT2D eigenvalue weighted by molar-refractivity contribution is 5.70. The van der Waals surface area contributed by atoms with Gasteiger partial charge in [0.2, 0.25) is 0 Å². The van der Waals surface area contributed by atoms with Gasteiger partial charge in [0, 0.05) is 32.3 Å². The molecule has 1 aliphatic carbocycles. The van der Waals surface area contributed by atoms with Crippen molar-refractivity contribution in [2.45, 2.75) is 50.7 Å². The molecule has 0 atom stereocenters. The Morgan fingerprint density at radius 1 is 1.17 bits per heavy atom. The van der Waals surface area contributed by atoms with Crippen molar-refractivity contribution in [2.24, 2.45) is 0 Å². The third kappa shape index (κ3) is 7.74. The van der Waals surface area contributed by atoms with E-state index in [2.05, 4.69) is 18.5 Å². The molecule has 0 aliphatic heterocycles. The minimum absolute atomic E-state index is 0.00324. The summed E-state index contributed by atoms with van der Waals surface area (Å²) in [6, 6.07) is 3.11. The molecule has 0 saturated heterocycles. The summed E-state index contributed by atoms with van der Waals surface area (Å²) in [6.45, 7) is 6.43. The second kappa shape index (κ2) is 11.9. The van der Waals surface area contributed by atoms with Gasteiger partial charge in [-0.2, -0.15) is 0 Å². The molecule has 1 fully saturated rings. The summed E-state index contributed by atoms with van der Waals surface area (Å²) in [5, 5.41) is 0. The monoisotopic (exact) mass is 410 g/mol. The Balaban J connectivity index is 1.65. The molecule has 29 heavy (non-hydrogen) atoms. The number of carbonyl (C=O) groups excluding carboxylic acids is 1. The lowest BCUT2D eigenvalue weighted by molar-refractivity contribution is 0.0101. The van der Waals surface area contributed by atoms with Crippen LogP contribution in [0.2, 0.25) is 0 Å². The van der Waals surface area contributed by atoms with Crippen molar-refractivity contribution >= 4 is 6.09 Å². The number of nitrogens with zero attached hydrogens (tertiary/aromatic N) is 2. The van der Waals surface area contributed by atoms with Gasteiger partial charge in [0.05, 0.1) is 6.10 Å². The highest BCUT2D eigenvalue weighted by Crippen LogP contribution is 2.26. The van der Waals surface area contributed by atoms with Crippen LogP contribution in [-0.4, -0.2) is 61.8 Å². The smallest absolute Gasteiger partial charge is 0.410 e. The number of unbranched alkanes of at least 4 members (excludes halogenated alkanes) is 1. The zero-order valence-corrected chi connectivity index (χ0v) is 17.4. The number of ether oxygens (including phenoxy) is 2. The van der Waals surface area contributed by atoms with Crippen LogP contribution >= 0.6 is 0 Å². The van der Waals surface area contributed by atoms with Gasteiger partial charge in [0.25, 0.3) is 0 Å². The molecule has 1 aromatic carbocycles. The minimum atomic E-state index is -1.04. The maximum Gasteiger partial charge on any atom is 0.415 e. The van der Waals surface area contributed by atoms with Crippen LogP contribution in [0.1, 0.15) is 38.5 Å². The van der Waals surface area contributed by atoms with Gasteiger partial charge in [0.15, 0.2) is 11.6 Å². The summed E-state index contributed by atoms with van der Waals surface area (Å²) >= 11 is 0. The second-order valence-corrected chi connectivity index (χ2v) is 7.61. The topological polar surface area (TPSA) is 42.0 Å². The van der Waals surface area contributed by atoms with Gasteiger partial charge in [-0.25, -0.2) is 13.6 Å². The van der Waals surface area contributed by atoms with Crippen molar-refractivity contribution < 1.29 is 23.0 Å². The van der Waals surface area contributed by atoms with Gasteiger partial charge >= 0.3 is 6.09 Å². The van der Waals surface area contributed by atoms with Gasteiger partial charge in [-0.15, -0.1) is 6.58 Å². The Hall–Kier alpha value is -1.99. The fourth-order valence-electron chi connectivity index (χ4n) is 3.51. The number of hydrogen-bond donors (Lipinski definition) is 0. The zero-order valence-electron chi connectivity index (χ0n) is 17.4. The van der Waals surface area contributed by atoms with E-state index in [9.17, 15) is 13.6 Å². The van der Waals surface area contributed by atoms with Crippen LogP contribution in [0, 0.1) is 11.6 Å². The number of halogens is 2. The van der Waals surface area contributed by atoms with Crippen LogP contribution in [0.5, 0.6) is 5.75 Å². The average molecular weight is 411 g/mol. The molecule has 0 heterocycles. The first-order chi connectivity index (χ1) is 13.9. The molecule has 162 valence electrons. The van der Waals surface area contributed by atoms with Gasteiger partial charge < -0.3 is 19.3 Å². The Labute approximate surface area is 172 Å². The molecular formula is C22H32F2N2O3. The molecule has 5 nitrogen and oxygen atoms in total. The van der Waals surface area contributed by atoms with Crippen LogP contribution in [-0.2, 0) is 4.74 Å². The fourth-order valence-corrected chi connectivity index (χ4v) is 3.51. The standard InChI is InChI=1S/C22H32F2N2O3/c1-4-13-25(2)14-5-6-15-28-18-9-7-17(8-10-18)26(3)22(27)29-19-11-12-20(23)21(24)16-19/h4,11-12,16-18H,1,5-10,13-15H2,2-3H3/t17-,18-.